The molecule has 1 aromatic rings. The van der Waals surface area contributed by atoms with E-state index in [1.165, 1.54) is 0 Å². The first-order chi connectivity index (χ1) is 6.58. The summed E-state index contributed by atoms with van der Waals surface area (Å²) in [4.78, 5) is 22.1. The van der Waals surface area contributed by atoms with Gasteiger partial charge in [0.15, 0.2) is 6.04 Å². The average molecular weight is 194 g/mol. The molecular formula is C9H10N2O3. The Morgan fingerprint density at radius 3 is 2.64 bits per heavy atom. The lowest BCUT2D eigenvalue weighted by Crippen LogP contribution is -2.16. The van der Waals surface area contributed by atoms with Gasteiger partial charge in [-0.15, -0.1) is 0 Å². The summed E-state index contributed by atoms with van der Waals surface area (Å²) in [6, 6.07) is 1.28. The second-order valence-electron chi connectivity index (χ2n) is 3.38. The Balaban J connectivity index is 2.36. The minimum atomic E-state index is -0.573. The molecule has 1 atom stereocenters. The Hall–Kier alpha value is -1.65. The van der Waals surface area contributed by atoms with Crippen LogP contribution in [0.5, 0.6) is 0 Å². The predicted molar refractivity (Wildman–Crippen MR) is 46.5 cm³/mol. The van der Waals surface area contributed by atoms with E-state index in [4.69, 9.17) is 0 Å². The number of esters is 2. The number of hydrogen-bond acceptors (Lipinski definition) is 4. The quantitative estimate of drug-likeness (QED) is 0.483. The van der Waals surface area contributed by atoms with Gasteiger partial charge in [0.1, 0.15) is 0 Å². The molecule has 0 aromatic carbocycles. The number of hydrogen-bond donors (Lipinski definition) is 0. The summed E-state index contributed by atoms with van der Waals surface area (Å²) >= 11 is 0. The van der Waals surface area contributed by atoms with Crippen LogP contribution in [0.4, 0.5) is 0 Å². The molecule has 0 N–H and O–H groups in total. The Kier molecular flexibility index (Phi) is 1.87. The van der Waals surface area contributed by atoms with Crippen molar-refractivity contribution in [3.8, 4) is 0 Å². The highest BCUT2D eigenvalue weighted by Gasteiger charge is 2.36. The van der Waals surface area contributed by atoms with Gasteiger partial charge in [-0.2, -0.15) is 5.10 Å². The summed E-state index contributed by atoms with van der Waals surface area (Å²) in [7, 11) is 0. The Labute approximate surface area is 80.7 Å². The first kappa shape index (κ1) is 8.93. The summed E-state index contributed by atoms with van der Waals surface area (Å²) < 4.78 is 6.00. The molecule has 0 radical (unpaired) electrons. The summed E-state index contributed by atoms with van der Waals surface area (Å²) in [5.74, 6) is -0.992. The van der Waals surface area contributed by atoms with Crippen molar-refractivity contribution in [3.63, 3.8) is 0 Å². The third-order valence-electron chi connectivity index (χ3n) is 2.19. The van der Waals surface area contributed by atoms with Crippen LogP contribution in [0.1, 0.15) is 23.9 Å². The zero-order chi connectivity index (χ0) is 10.3. The molecular weight excluding hydrogens is 184 g/mol. The zero-order valence-electron chi connectivity index (χ0n) is 7.98. The molecule has 14 heavy (non-hydrogen) atoms. The molecule has 74 valence electrons. The van der Waals surface area contributed by atoms with E-state index in [0.29, 0.717) is 0 Å². The van der Waals surface area contributed by atoms with Crippen LogP contribution in [0.15, 0.2) is 6.07 Å². The molecule has 0 amide bonds. The van der Waals surface area contributed by atoms with Crippen LogP contribution < -0.4 is 0 Å². The van der Waals surface area contributed by atoms with Crippen molar-refractivity contribution in [1.29, 1.82) is 0 Å². The molecule has 0 aliphatic carbocycles. The largest absolute Gasteiger partial charge is 0.391 e. The smallest absolute Gasteiger partial charge is 0.339 e. The van der Waals surface area contributed by atoms with Crippen LogP contribution in [-0.2, 0) is 14.3 Å². The monoisotopic (exact) mass is 194 g/mol. The van der Waals surface area contributed by atoms with Crippen molar-refractivity contribution in [2.75, 3.05) is 0 Å². The lowest BCUT2D eigenvalue weighted by molar-refractivity contribution is -0.153. The van der Waals surface area contributed by atoms with Gasteiger partial charge in [0.05, 0.1) is 12.1 Å². The first-order valence-corrected chi connectivity index (χ1v) is 4.35. The van der Waals surface area contributed by atoms with Crippen LogP contribution in [0.2, 0.25) is 0 Å². The van der Waals surface area contributed by atoms with E-state index in [9.17, 15) is 9.59 Å². The molecule has 1 aliphatic heterocycles. The molecule has 0 bridgehead atoms. The number of nitrogens with zero attached hydrogens (tertiary/aromatic N) is 2. The number of cyclic esters (lactones) is 2. The van der Waals surface area contributed by atoms with Crippen molar-refractivity contribution in [2.24, 2.45) is 0 Å². The summed E-state index contributed by atoms with van der Waals surface area (Å²) in [6.07, 6.45) is 0.0841. The molecule has 1 saturated heterocycles. The summed E-state index contributed by atoms with van der Waals surface area (Å²) in [6.45, 7) is 3.68. The van der Waals surface area contributed by atoms with Crippen molar-refractivity contribution in [1.82, 2.24) is 9.78 Å². The third kappa shape index (κ3) is 1.30. The van der Waals surface area contributed by atoms with E-state index < -0.39 is 18.0 Å². The summed E-state index contributed by atoms with van der Waals surface area (Å²) in [5, 5.41) is 4.14. The van der Waals surface area contributed by atoms with Gasteiger partial charge in [0.2, 0.25) is 0 Å². The van der Waals surface area contributed by atoms with Gasteiger partial charge in [0, 0.05) is 5.69 Å². The van der Waals surface area contributed by atoms with Gasteiger partial charge in [0.25, 0.3) is 0 Å². The van der Waals surface area contributed by atoms with E-state index in [-0.39, 0.29) is 6.42 Å². The minimum Gasteiger partial charge on any atom is -0.391 e. The lowest BCUT2D eigenvalue weighted by Gasteiger charge is -2.06. The Morgan fingerprint density at radius 1 is 1.50 bits per heavy atom. The fourth-order valence-corrected chi connectivity index (χ4v) is 1.61. The van der Waals surface area contributed by atoms with Crippen molar-refractivity contribution in [2.45, 2.75) is 26.3 Å². The Morgan fingerprint density at radius 2 is 2.21 bits per heavy atom. The van der Waals surface area contributed by atoms with Crippen molar-refractivity contribution < 1.29 is 14.3 Å². The predicted octanol–water partition coefficient (Wildman–Crippen LogP) is 0.515. The van der Waals surface area contributed by atoms with Crippen LogP contribution in [0.25, 0.3) is 0 Å². The molecule has 5 heteroatoms. The molecule has 0 saturated carbocycles. The van der Waals surface area contributed by atoms with Gasteiger partial charge in [-0.25, -0.2) is 4.79 Å². The van der Waals surface area contributed by atoms with Crippen LogP contribution in [0, 0.1) is 13.8 Å². The van der Waals surface area contributed by atoms with E-state index in [2.05, 4.69) is 9.84 Å². The number of rotatable bonds is 1. The normalized spacial score (nSPS) is 21.4. The van der Waals surface area contributed by atoms with E-state index >= 15 is 0 Å². The standard InChI is InChI=1S/C9H10N2O3/c1-5-3-6(2)11(10-5)7-4-8(12)14-9(7)13/h3,7H,4H2,1-2H3/t7-/m0/s1. The van der Waals surface area contributed by atoms with Gasteiger partial charge >= 0.3 is 11.9 Å². The fraction of sp³-hybridized carbons (Fsp3) is 0.444. The Bertz CT molecular complexity index is 408. The maximum atomic E-state index is 11.2. The highest BCUT2D eigenvalue weighted by atomic mass is 16.6. The lowest BCUT2D eigenvalue weighted by atomic mass is 10.2. The number of aryl methyl sites for hydroxylation is 2. The summed E-state index contributed by atoms with van der Waals surface area (Å²) in [5.41, 5.74) is 1.69. The van der Waals surface area contributed by atoms with Gasteiger partial charge in [-0.1, -0.05) is 0 Å². The molecule has 5 nitrogen and oxygen atoms in total. The second kappa shape index (κ2) is 2.94. The highest BCUT2D eigenvalue weighted by Crippen LogP contribution is 2.22. The van der Waals surface area contributed by atoms with E-state index in [1.54, 1.807) is 4.68 Å². The topological polar surface area (TPSA) is 61.2 Å². The van der Waals surface area contributed by atoms with E-state index in [1.807, 2.05) is 19.9 Å². The molecule has 1 fully saturated rings. The second-order valence-corrected chi connectivity index (χ2v) is 3.38. The molecule has 1 aliphatic rings. The molecule has 2 rings (SSSR count). The van der Waals surface area contributed by atoms with Gasteiger partial charge in [-0.05, 0) is 19.9 Å². The first-order valence-electron chi connectivity index (χ1n) is 4.35. The van der Waals surface area contributed by atoms with Crippen LogP contribution >= 0.6 is 0 Å². The van der Waals surface area contributed by atoms with E-state index in [0.717, 1.165) is 11.4 Å². The minimum absolute atomic E-state index is 0.0841. The highest BCUT2D eigenvalue weighted by molar-refractivity contribution is 5.95. The van der Waals surface area contributed by atoms with Crippen LogP contribution in [-0.4, -0.2) is 21.7 Å². The number of ether oxygens (including phenoxy) is 1. The fourth-order valence-electron chi connectivity index (χ4n) is 1.61. The molecule has 0 unspecified atom stereocenters. The van der Waals surface area contributed by atoms with Crippen molar-refractivity contribution in [3.05, 3.63) is 17.5 Å². The number of carbonyl (C=O) groups is 2. The van der Waals surface area contributed by atoms with Crippen molar-refractivity contribution >= 4 is 11.9 Å². The zero-order valence-corrected chi connectivity index (χ0v) is 7.98. The van der Waals surface area contributed by atoms with Gasteiger partial charge in [-0.3, -0.25) is 9.48 Å². The SMILES string of the molecule is Cc1cc(C)n([C@H]2CC(=O)OC2=O)n1. The average Bonchev–Trinajstić information content (AvgIpc) is 2.55. The number of aromatic nitrogens is 2. The molecule has 2 heterocycles. The molecule has 1 aromatic heterocycles. The van der Waals surface area contributed by atoms with Crippen LogP contribution in [0.3, 0.4) is 0 Å². The van der Waals surface area contributed by atoms with Gasteiger partial charge < -0.3 is 4.74 Å². The number of carbonyl (C=O) groups excluding carboxylic acids is 2. The molecule has 0 spiro atoms. The maximum Gasteiger partial charge on any atom is 0.339 e. The maximum absolute atomic E-state index is 11.2. The third-order valence-corrected chi connectivity index (χ3v) is 2.19.